The molecule has 1 aliphatic heterocycles. The third kappa shape index (κ3) is 2.13. The molecular weight excluding hydrogens is 172 g/mol. The van der Waals surface area contributed by atoms with E-state index in [2.05, 4.69) is 47.6 Å². The Morgan fingerprint density at radius 3 is 2.71 bits per heavy atom. The summed E-state index contributed by atoms with van der Waals surface area (Å²) >= 11 is 0. The van der Waals surface area contributed by atoms with Gasteiger partial charge >= 0.3 is 0 Å². The van der Waals surface area contributed by atoms with Crippen LogP contribution in [-0.4, -0.2) is 12.4 Å². The summed E-state index contributed by atoms with van der Waals surface area (Å²) in [7, 11) is 0. The van der Waals surface area contributed by atoms with Gasteiger partial charge in [0.15, 0.2) is 0 Å². The minimum atomic E-state index is 0.400. The Morgan fingerprint density at radius 1 is 1.29 bits per heavy atom. The monoisotopic (exact) mass is 189 g/mol. The number of benzene rings is 1. The molecule has 0 saturated carbocycles. The fourth-order valence-electron chi connectivity index (χ4n) is 1.80. The second-order valence-electron chi connectivity index (χ2n) is 3.79. The highest BCUT2D eigenvalue weighted by atomic mass is 15.0. The van der Waals surface area contributed by atoms with Crippen molar-refractivity contribution < 1.29 is 4.99 Å². The molecule has 0 amide bonds. The maximum absolute atomic E-state index is 3.50. The molecule has 2 N–H and O–H groups in total. The van der Waals surface area contributed by atoms with Gasteiger partial charge in [-0.2, -0.15) is 0 Å². The van der Waals surface area contributed by atoms with Crippen LogP contribution in [0.25, 0.3) is 0 Å². The fraction of sp³-hybridized carbons (Fsp3) is 0.417. The van der Waals surface area contributed by atoms with Gasteiger partial charge in [-0.25, -0.2) is 0 Å². The first-order chi connectivity index (χ1) is 6.86. The minimum Gasteiger partial charge on any atom is -0.279 e. The first-order valence-electron chi connectivity index (χ1n) is 5.27. The van der Waals surface area contributed by atoms with Gasteiger partial charge in [0.25, 0.3) is 0 Å². The summed E-state index contributed by atoms with van der Waals surface area (Å²) < 4.78 is 0. The summed E-state index contributed by atoms with van der Waals surface area (Å²) in [6.45, 7) is 3.31. The van der Waals surface area contributed by atoms with Gasteiger partial charge in [0.05, 0.1) is 13.0 Å². The molecule has 1 aliphatic rings. The molecule has 14 heavy (non-hydrogen) atoms. The Bertz CT molecular complexity index is 316. The highest BCUT2D eigenvalue weighted by Gasteiger charge is 2.16. The zero-order valence-electron chi connectivity index (χ0n) is 8.59. The molecule has 0 spiro atoms. The molecule has 0 unspecified atom stereocenters. The van der Waals surface area contributed by atoms with Crippen LogP contribution >= 0.6 is 0 Å². The molecular formula is C12H17N2+. The Morgan fingerprint density at radius 2 is 2.07 bits per heavy atom. The van der Waals surface area contributed by atoms with E-state index in [1.54, 1.807) is 0 Å². The average molecular weight is 189 g/mol. The van der Waals surface area contributed by atoms with Gasteiger partial charge in [0.1, 0.15) is 6.04 Å². The van der Waals surface area contributed by atoms with E-state index in [1.165, 1.54) is 17.8 Å². The van der Waals surface area contributed by atoms with Crippen molar-refractivity contribution in [3.63, 3.8) is 0 Å². The molecule has 0 radical (unpaired) electrons. The summed E-state index contributed by atoms with van der Waals surface area (Å²) in [5, 5.41) is 3.50. The Labute approximate surface area is 85.1 Å². The van der Waals surface area contributed by atoms with Gasteiger partial charge in [-0.3, -0.25) is 10.3 Å². The van der Waals surface area contributed by atoms with E-state index in [1.807, 2.05) is 0 Å². The molecule has 0 bridgehead atoms. The van der Waals surface area contributed by atoms with Gasteiger partial charge in [-0.1, -0.05) is 30.3 Å². The lowest BCUT2D eigenvalue weighted by molar-refractivity contribution is -0.449. The zero-order chi connectivity index (χ0) is 9.80. The van der Waals surface area contributed by atoms with E-state index < -0.39 is 0 Å². The van der Waals surface area contributed by atoms with E-state index in [0.717, 1.165) is 13.0 Å². The third-order valence-electron chi connectivity index (χ3n) is 2.63. The van der Waals surface area contributed by atoms with E-state index in [-0.39, 0.29) is 0 Å². The first-order valence-corrected chi connectivity index (χ1v) is 5.27. The molecule has 74 valence electrons. The maximum atomic E-state index is 3.50. The van der Waals surface area contributed by atoms with Gasteiger partial charge in [-0.05, 0) is 18.9 Å². The third-order valence-corrected chi connectivity index (χ3v) is 2.63. The SMILES string of the molecule is C[C@H](NC1=[NH+]CCC1)c1ccccc1. The second kappa shape index (κ2) is 4.27. The van der Waals surface area contributed by atoms with Crippen LogP contribution in [0, 0.1) is 0 Å². The van der Waals surface area contributed by atoms with Crippen LogP contribution in [0.2, 0.25) is 0 Å². The van der Waals surface area contributed by atoms with Crippen molar-refractivity contribution in [1.29, 1.82) is 0 Å². The highest BCUT2D eigenvalue weighted by Crippen LogP contribution is 2.11. The lowest BCUT2D eigenvalue weighted by Crippen LogP contribution is -2.72. The Balaban J connectivity index is 1.99. The zero-order valence-corrected chi connectivity index (χ0v) is 8.59. The molecule has 0 fully saturated rings. The van der Waals surface area contributed by atoms with Crippen molar-refractivity contribution in [2.45, 2.75) is 25.8 Å². The predicted octanol–water partition coefficient (Wildman–Crippen LogP) is 0.610. The highest BCUT2D eigenvalue weighted by molar-refractivity contribution is 5.77. The molecule has 1 aromatic carbocycles. The lowest BCUT2D eigenvalue weighted by Gasteiger charge is -2.08. The molecule has 0 aliphatic carbocycles. The van der Waals surface area contributed by atoms with Crippen LogP contribution in [0.3, 0.4) is 0 Å². The summed E-state index contributed by atoms with van der Waals surface area (Å²) in [5.41, 5.74) is 1.34. The molecule has 2 rings (SSSR count). The van der Waals surface area contributed by atoms with E-state index in [9.17, 15) is 0 Å². The molecule has 2 heteroatoms. The predicted molar refractivity (Wildman–Crippen MR) is 58.1 cm³/mol. The summed E-state index contributed by atoms with van der Waals surface area (Å²) in [6.07, 6.45) is 2.42. The molecule has 1 heterocycles. The Kier molecular flexibility index (Phi) is 2.82. The van der Waals surface area contributed by atoms with Crippen LogP contribution in [0.5, 0.6) is 0 Å². The van der Waals surface area contributed by atoms with Crippen LogP contribution in [0.1, 0.15) is 31.4 Å². The average Bonchev–Trinajstić information content (AvgIpc) is 2.72. The molecule has 0 saturated heterocycles. The van der Waals surface area contributed by atoms with Crippen LogP contribution in [-0.2, 0) is 0 Å². The van der Waals surface area contributed by atoms with Crippen molar-refractivity contribution in [1.82, 2.24) is 5.32 Å². The van der Waals surface area contributed by atoms with Crippen LogP contribution in [0.15, 0.2) is 30.3 Å². The van der Waals surface area contributed by atoms with E-state index >= 15 is 0 Å². The Hall–Kier alpha value is -1.31. The fourth-order valence-corrected chi connectivity index (χ4v) is 1.80. The van der Waals surface area contributed by atoms with Gasteiger partial charge in [0, 0.05) is 0 Å². The molecule has 2 nitrogen and oxygen atoms in total. The standard InChI is InChI=1S/C12H16N2/c1-10(11-6-3-2-4-7-11)14-12-8-5-9-13-12/h2-4,6-7,10H,5,8-9H2,1H3,(H,13,14)/p+1/t10-/m0/s1. The van der Waals surface area contributed by atoms with Crippen molar-refractivity contribution in [3.8, 4) is 0 Å². The summed E-state index contributed by atoms with van der Waals surface area (Å²) in [4.78, 5) is 3.36. The number of rotatable bonds is 2. The van der Waals surface area contributed by atoms with Gasteiger partial charge in [0.2, 0.25) is 5.84 Å². The van der Waals surface area contributed by atoms with Crippen LogP contribution in [0.4, 0.5) is 0 Å². The number of nitrogens with one attached hydrogen (secondary N) is 2. The molecule has 0 aromatic heterocycles. The maximum Gasteiger partial charge on any atom is 0.243 e. The van der Waals surface area contributed by atoms with E-state index in [0.29, 0.717) is 6.04 Å². The van der Waals surface area contributed by atoms with E-state index in [4.69, 9.17) is 0 Å². The normalized spacial score (nSPS) is 17.6. The van der Waals surface area contributed by atoms with Gasteiger partial charge < -0.3 is 0 Å². The quantitative estimate of drug-likeness (QED) is 0.700. The smallest absolute Gasteiger partial charge is 0.243 e. The first kappa shape index (κ1) is 9.25. The number of amidine groups is 1. The van der Waals surface area contributed by atoms with Crippen LogP contribution < -0.4 is 10.3 Å². The van der Waals surface area contributed by atoms with Crippen molar-refractivity contribution in [3.05, 3.63) is 35.9 Å². The molecule has 1 atom stereocenters. The summed E-state index contributed by atoms with van der Waals surface area (Å²) in [5.74, 6) is 1.29. The number of hydrogen-bond acceptors (Lipinski definition) is 1. The minimum absolute atomic E-state index is 0.400. The summed E-state index contributed by atoms with van der Waals surface area (Å²) in [6, 6.07) is 10.9. The van der Waals surface area contributed by atoms with Crippen molar-refractivity contribution in [2.75, 3.05) is 6.54 Å². The molecule has 1 aromatic rings. The van der Waals surface area contributed by atoms with Crippen molar-refractivity contribution in [2.24, 2.45) is 0 Å². The number of hydrogen-bond donors (Lipinski definition) is 2. The topological polar surface area (TPSA) is 26.0 Å². The van der Waals surface area contributed by atoms with Gasteiger partial charge in [-0.15, -0.1) is 0 Å². The van der Waals surface area contributed by atoms with Crippen molar-refractivity contribution >= 4 is 5.84 Å². The lowest BCUT2D eigenvalue weighted by atomic mass is 10.1. The largest absolute Gasteiger partial charge is 0.279 e. The second-order valence-corrected chi connectivity index (χ2v) is 3.79.